The fraction of sp³-hybridized carbons (Fsp3) is 0.667. The van der Waals surface area contributed by atoms with Crippen LogP contribution in [0.5, 0.6) is 5.75 Å². The lowest BCUT2D eigenvalue weighted by Crippen LogP contribution is -2.30. The first-order valence-corrected chi connectivity index (χ1v) is 8.26. The highest BCUT2D eigenvalue weighted by Gasteiger charge is 2.38. The average molecular weight is 291 g/mol. The molecule has 3 heteroatoms. The van der Waals surface area contributed by atoms with Crippen LogP contribution in [-0.4, -0.2) is 18.7 Å². The summed E-state index contributed by atoms with van der Waals surface area (Å²) in [5.74, 6) is 0.720. The van der Waals surface area contributed by atoms with E-state index in [2.05, 4.69) is 19.2 Å². The molecule has 1 N–H and O–H groups in total. The second-order valence-electron chi connectivity index (χ2n) is 7.10. The van der Waals surface area contributed by atoms with Crippen molar-refractivity contribution < 1.29 is 9.13 Å². The SMILES string of the molecule is CCCNC1CCC(C)(CC2Cc3cc(F)ccc3O2)C1. The Labute approximate surface area is 127 Å². The Morgan fingerprint density at radius 1 is 1.43 bits per heavy atom. The van der Waals surface area contributed by atoms with Gasteiger partial charge in [0.25, 0.3) is 0 Å². The maximum Gasteiger partial charge on any atom is 0.123 e. The van der Waals surface area contributed by atoms with Crippen LogP contribution in [0.1, 0.15) is 51.5 Å². The Bertz CT molecular complexity index is 504. The number of fused-ring (bicyclic) bond motifs is 1. The second-order valence-corrected chi connectivity index (χ2v) is 7.10. The Kier molecular flexibility index (Phi) is 4.21. The molecular formula is C18H26FNO. The van der Waals surface area contributed by atoms with Gasteiger partial charge in [-0.2, -0.15) is 0 Å². The molecule has 3 unspecified atom stereocenters. The number of nitrogens with one attached hydrogen (secondary N) is 1. The highest BCUT2D eigenvalue weighted by Crippen LogP contribution is 2.44. The molecule has 1 aromatic carbocycles. The van der Waals surface area contributed by atoms with Crippen molar-refractivity contribution in [2.75, 3.05) is 6.54 Å². The molecule has 0 aromatic heterocycles. The van der Waals surface area contributed by atoms with E-state index in [-0.39, 0.29) is 11.9 Å². The van der Waals surface area contributed by atoms with Crippen molar-refractivity contribution >= 4 is 0 Å². The third-order valence-electron chi connectivity index (χ3n) is 5.00. The predicted molar refractivity (Wildman–Crippen MR) is 83.2 cm³/mol. The zero-order valence-corrected chi connectivity index (χ0v) is 13.1. The van der Waals surface area contributed by atoms with Gasteiger partial charge in [-0.25, -0.2) is 4.39 Å². The van der Waals surface area contributed by atoms with E-state index in [0.717, 1.165) is 30.7 Å². The molecule has 1 saturated carbocycles. The Morgan fingerprint density at radius 2 is 2.29 bits per heavy atom. The van der Waals surface area contributed by atoms with Gasteiger partial charge in [-0.15, -0.1) is 0 Å². The van der Waals surface area contributed by atoms with E-state index < -0.39 is 0 Å². The van der Waals surface area contributed by atoms with Gasteiger partial charge in [0.05, 0.1) is 0 Å². The maximum absolute atomic E-state index is 13.3. The number of rotatable bonds is 5. The van der Waals surface area contributed by atoms with Gasteiger partial charge in [0, 0.05) is 18.0 Å². The maximum atomic E-state index is 13.3. The lowest BCUT2D eigenvalue weighted by atomic mass is 9.82. The first-order chi connectivity index (χ1) is 10.1. The van der Waals surface area contributed by atoms with Crippen LogP contribution >= 0.6 is 0 Å². The molecule has 116 valence electrons. The van der Waals surface area contributed by atoms with Crippen LogP contribution in [0.4, 0.5) is 4.39 Å². The molecule has 1 fully saturated rings. The van der Waals surface area contributed by atoms with Crippen LogP contribution in [0, 0.1) is 11.2 Å². The summed E-state index contributed by atoms with van der Waals surface area (Å²) >= 11 is 0. The van der Waals surface area contributed by atoms with Crippen LogP contribution in [0.3, 0.4) is 0 Å². The first-order valence-electron chi connectivity index (χ1n) is 8.26. The van der Waals surface area contributed by atoms with Crippen LogP contribution in [-0.2, 0) is 6.42 Å². The van der Waals surface area contributed by atoms with Gasteiger partial charge in [-0.3, -0.25) is 0 Å². The average Bonchev–Trinajstić information content (AvgIpc) is 2.99. The highest BCUT2D eigenvalue weighted by molar-refractivity contribution is 5.37. The molecule has 1 aliphatic heterocycles. The zero-order chi connectivity index (χ0) is 14.9. The third-order valence-corrected chi connectivity index (χ3v) is 5.00. The van der Waals surface area contributed by atoms with E-state index in [4.69, 9.17) is 4.74 Å². The van der Waals surface area contributed by atoms with E-state index in [1.165, 1.54) is 31.7 Å². The van der Waals surface area contributed by atoms with Gasteiger partial charge in [0.2, 0.25) is 0 Å². The molecule has 0 spiro atoms. The van der Waals surface area contributed by atoms with Gasteiger partial charge in [-0.1, -0.05) is 13.8 Å². The summed E-state index contributed by atoms with van der Waals surface area (Å²) in [4.78, 5) is 0. The number of hydrogen-bond acceptors (Lipinski definition) is 2. The van der Waals surface area contributed by atoms with Crippen molar-refractivity contribution in [1.82, 2.24) is 5.32 Å². The molecule has 1 aromatic rings. The van der Waals surface area contributed by atoms with Gasteiger partial charge in [0.1, 0.15) is 17.7 Å². The molecule has 21 heavy (non-hydrogen) atoms. The monoisotopic (exact) mass is 291 g/mol. The molecule has 0 bridgehead atoms. The quantitative estimate of drug-likeness (QED) is 0.882. The van der Waals surface area contributed by atoms with Crippen molar-refractivity contribution in [1.29, 1.82) is 0 Å². The molecule has 3 atom stereocenters. The third kappa shape index (κ3) is 3.39. The topological polar surface area (TPSA) is 21.3 Å². The first kappa shape index (κ1) is 14.8. The van der Waals surface area contributed by atoms with Gasteiger partial charge >= 0.3 is 0 Å². The molecule has 0 saturated heterocycles. The van der Waals surface area contributed by atoms with E-state index in [9.17, 15) is 4.39 Å². The molecule has 1 heterocycles. The van der Waals surface area contributed by atoms with Crippen molar-refractivity contribution in [3.8, 4) is 5.75 Å². The number of hydrogen-bond donors (Lipinski definition) is 1. The van der Waals surface area contributed by atoms with Crippen LogP contribution in [0.15, 0.2) is 18.2 Å². The molecule has 0 radical (unpaired) electrons. The molecule has 2 aliphatic rings. The van der Waals surface area contributed by atoms with Crippen molar-refractivity contribution in [3.05, 3.63) is 29.6 Å². The van der Waals surface area contributed by atoms with Crippen molar-refractivity contribution in [3.63, 3.8) is 0 Å². The Balaban J connectivity index is 1.56. The van der Waals surface area contributed by atoms with E-state index >= 15 is 0 Å². The summed E-state index contributed by atoms with van der Waals surface area (Å²) in [6, 6.07) is 5.55. The highest BCUT2D eigenvalue weighted by atomic mass is 19.1. The summed E-state index contributed by atoms with van der Waals surface area (Å²) in [6.07, 6.45) is 7.11. The van der Waals surface area contributed by atoms with Crippen LogP contribution < -0.4 is 10.1 Å². The summed E-state index contributed by atoms with van der Waals surface area (Å²) in [7, 11) is 0. The fourth-order valence-electron chi connectivity index (χ4n) is 3.98. The molecule has 3 rings (SSSR count). The van der Waals surface area contributed by atoms with Crippen molar-refractivity contribution in [2.45, 2.75) is 64.5 Å². The zero-order valence-electron chi connectivity index (χ0n) is 13.1. The predicted octanol–water partition coefficient (Wildman–Crippen LogP) is 4.08. The van der Waals surface area contributed by atoms with Gasteiger partial charge in [-0.05, 0) is 62.3 Å². The molecule has 0 amide bonds. The number of ether oxygens (including phenoxy) is 1. The largest absolute Gasteiger partial charge is 0.490 e. The van der Waals surface area contributed by atoms with Crippen LogP contribution in [0.25, 0.3) is 0 Å². The second kappa shape index (κ2) is 5.96. The smallest absolute Gasteiger partial charge is 0.123 e. The lowest BCUT2D eigenvalue weighted by molar-refractivity contribution is 0.147. The Hall–Kier alpha value is -1.09. The van der Waals surface area contributed by atoms with Gasteiger partial charge < -0.3 is 10.1 Å². The molecule has 2 nitrogen and oxygen atoms in total. The number of benzene rings is 1. The van der Waals surface area contributed by atoms with E-state index in [0.29, 0.717) is 11.5 Å². The number of halogens is 1. The fourth-order valence-corrected chi connectivity index (χ4v) is 3.98. The van der Waals surface area contributed by atoms with Crippen molar-refractivity contribution in [2.24, 2.45) is 5.41 Å². The summed E-state index contributed by atoms with van der Waals surface area (Å²) in [5.41, 5.74) is 1.39. The minimum absolute atomic E-state index is 0.158. The minimum Gasteiger partial charge on any atom is -0.490 e. The summed E-state index contributed by atoms with van der Waals surface area (Å²) < 4.78 is 19.3. The summed E-state index contributed by atoms with van der Waals surface area (Å²) in [5, 5.41) is 3.65. The van der Waals surface area contributed by atoms with E-state index in [1.54, 1.807) is 12.1 Å². The van der Waals surface area contributed by atoms with Gasteiger partial charge in [0.15, 0.2) is 0 Å². The van der Waals surface area contributed by atoms with E-state index in [1.807, 2.05) is 0 Å². The normalized spacial score (nSPS) is 31.2. The van der Waals surface area contributed by atoms with Crippen LogP contribution in [0.2, 0.25) is 0 Å². The lowest BCUT2D eigenvalue weighted by Gasteiger charge is -2.27. The summed E-state index contributed by atoms with van der Waals surface area (Å²) in [6.45, 7) is 5.71. The Morgan fingerprint density at radius 3 is 3.10 bits per heavy atom. The molecule has 1 aliphatic carbocycles. The minimum atomic E-state index is -0.158. The molecular weight excluding hydrogens is 265 g/mol. The standard InChI is InChI=1S/C18H26FNO/c1-3-8-20-15-6-7-18(2,11-15)12-16-10-13-9-14(19)4-5-17(13)21-16/h4-5,9,15-16,20H,3,6-8,10-12H2,1-2H3.